The van der Waals surface area contributed by atoms with Crippen molar-refractivity contribution in [3.63, 3.8) is 0 Å². The maximum atomic E-state index is 11.8. The minimum Gasteiger partial charge on any atom is -0.481 e. The van der Waals surface area contributed by atoms with Crippen LogP contribution >= 0.6 is 0 Å². The van der Waals surface area contributed by atoms with Crippen LogP contribution in [-0.4, -0.2) is 55.3 Å². The molecular formula is C19H34NO4+. The van der Waals surface area contributed by atoms with Crippen LogP contribution in [0.1, 0.15) is 51.9 Å². The van der Waals surface area contributed by atoms with Crippen LogP contribution in [0.2, 0.25) is 0 Å². The molecule has 0 aliphatic heterocycles. The topological polar surface area (TPSA) is 63.6 Å². The zero-order valence-electron chi connectivity index (χ0n) is 15.7. The zero-order chi connectivity index (χ0) is 18.4. The van der Waals surface area contributed by atoms with Crippen molar-refractivity contribution >= 4 is 11.9 Å². The summed E-state index contributed by atoms with van der Waals surface area (Å²) in [5.74, 6) is -1.46. The van der Waals surface area contributed by atoms with E-state index in [9.17, 15) is 9.59 Å². The molecule has 1 atom stereocenters. The van der Waals surface area contributed by atoms with E-state index in [-0.39, 0.29) is 6.42 Å². The van der Waals surface area contributed by atoms with Crippen molar-refractivity contribution in [3.05, 3.63) is 24.3 Å². The highest BCUT2D eigenvalue weighted by atomic mass is 16.5. The van der Waals surface area contributed by atoms with Crippen molar-refractivity contribution < 1.29 is 23.9 Å². The Morgan fingerprint density at radius 1 is 1.08 bits per heavy atom. The van der Waals surface area contributed by atoms with Gasteiger partial charge in [0.25, 0.3) is 0 Å². The second kappa shape index (κ2) is 12.8. The molecule has 5 nitrogen and oxygen atoms in total. The van der Waals surface area contributed by atoms with Gasteiger partial charge in [-0.15, -0.1) is 0 Å². The summed E-state index contributed by atoms with van der Waals surface area (Å²) in [6.07, 6.45) is 13.3. The number of aliphatic carboxylic acids is 1. The van der Waals surface area contributed by atoms with Crippen LogP contribution in [0.4, 0.5) is 0 Å². The molecule has 0 aliphatic carbocycles. The average molecular weight is 340 g/mol. The molecule has 0 aliphatic rings. The summed E-state index contributed by atoms with van der Waals surface area (Å²) >= 11 is 0. The van der Waals surface area contributed by atoms with Gasteiger partial charge >= 0.3 is 11.9 Å². The molecule has 0 saturated carbocycles. The molecule has 0 fully saturated rings. The SMILES string of the molecule is CCCCCCC/C=C/C=C/C(=O)OC(CC(=O)O)C[N+](C)(C)C. The van der Waals surface area contributed by atoms with Gasteiger partial charge in [-0.2, -0.15) is 0 Å². The number of likely N-dealkylation sites (N-methyl/N-ethyl adjacent to an activating group) is 1. The Hall–Kier alpha value is -1.62. The first-order valence-corrected chi connectivity index (χ1v) is 8.80. The summed E-state index contributed by atoms with van der Waals surface area (Å²) in [4.78, 5) is 22.7. The molecule has 138 valence electrons. The normalized spacial score (nSPS) is 13.5. The lowest BCUT2D eigenvalue weighted by atomic mass is 10.1. The highest BCUT2D eigenvalue weighted by Gasteiger charge is 2.23. The Morgan fingerprint density at radius 2 is 1.75 bits per heavy atom. The van der Waals surface area contributed by atoms with Crippen molar-refractivity contribution in [1.82, 2.24) is 0 Å². The number of quaternary nitrogens is 1. The highest BCUT2D eigenvalue weighted by Crippen LogP contribution is 2.07. The predicted molar refractivity (Wildman–Crippen MR) is 96.7 cm³/mol. The molecule has 0 aromatic rings. The van der Waals surface area contributed by atoms with Crippen LogP contribution in [0.3, 0.4) is 0 Å². The van der Waals surface area contributed by atoms with Crippen LogP contribution in [0, 0.1) is 0 Å². The van der Waals surface area contributed by atoms with Crippen LogP contribution in [0.5, 0.6) is 0 Å². The molecule has 5 heteroatoms. The quantitative estimate of drug-likeness (QED) is 0.183. The van der Waals surface area contributed by atoms with Crippen molar-refractivity contribution in [2.75, 3.05) is 27.7 Å². The number of unbranched alkanes of at least 4 members (excludes halogenated alkanes) is 5. The molecule has 0 aromatic heterocycles. The molecule has 1 unspecified atom stereocenters. The van der Waals surface area contributed by atoms with Crippen molar-refractivity contribution in [3.8, 4) is 0 Å². The third-order valence-electron chi connectivity index (χ3n) is 3.39. The molecule has 1 N–H and O–H groups in total. The summed E-state index contributed by atoms with van der Waals surface area (Å²) in [6, 6.07) is 0. The largest absolute Gasteiger partial charge is 0.481 e. The maximum absolute atomic E-state index is 11.8. The fourth-order valence-corrected chi connectivity index (χ4v) is 2.33. The standard InChI is InChI=1S/C19H33NO4/c1-5-6-7-8-9-10-11-12-13-14-19(23)24-17(15-18(21)22)16-20(2,3)4/h11-14,17H,5-10,15-16H2,1-4H3/p+1/b12-11+,14-13+. The smallest absolute Gasteiger partial charge is 0.331 e. The van der Waals surface area contributed by atoms with E-state index in [1.807, 2.05) is 33.3 Å². The Morgan fingerprint density at radius 3 is 2.33 bits per heavy atom. The number of allylic oxidation sites excluding steroid dienone is 3. The monoisotopic (exact) mass is 340 g/mol. The first-order valence-electron chi connectivity index (χ1n) is 8.80. The van der Waals surface area contributed by atoms with Gasteiger partial charge in [0.2, 0.25) is 0 Å². The van der Waals surface area contributed by atoms with Crippen molar-refractivity contribution in [2.24, 2.45) is 0 Å². The molecule has 0 rings (SSSR count). The number of esters is 1. The lowest BCUT2D eigenvalue weighted by Crippen LogP contribution is -2.43. The number of hydrogen-bond donors (Lipinski definition) is 1. The first kappa shape index (κ1) is 22.4. The van der Waals surface area contributed by atoms with Crippen LogP contribution in [0.15, 0.2) is 24.3 Å². The lowest BCUT2D eigenvalue weighted by Gasteiger charge is -2.28. The molecule has 0 bridgehead atoms. The average Bonchev–Trinajstić information content (AvgIpc) is 2.42. The van der Waals surface area contributed by atoms with Crippen molar-refractivity contribution in [1.29, 1.82) is 0 Å². The van der Waals surface area contributed by atoms with E-state index < -0.39 is 18.0 Å². The number of rotatable bonds is 13. The summed E-state index contributed by atoms with van der Waals surface area (Å²) in [5, 5.41) is 8.92. The predicted octanol–water partition coefficient (Wildman–Crippen LogP) is 3.55. The lowest BCUT2D eigenvalue weighted by molar-refractivity contribution is -0.873. The van der Waals surface area contributed by atoms with E-state index in [0.717, 1.165) is 6.42 Å². The highest BCUT2D eigenvalue weighted by molar-refractivity contribution is 5.82. The maximum Gasteiger partial charge on any atom is 0.331 e. The van der Waals surface area contributed by atoms with Gasteiger partial charge in [-0.1, -0.05) is 50.8 Å². The third-order valence-corrected chi connectivity index (χ3v) is 3.39. The van der Waals surface area contributed by atoms with E-state index in [0.29, 0.717) is 11.0 Å². The Kier molecular flexibility index (Phi) is 11.9. The van der Waals surface area contributed by atoms with Crippen LogP contribution in [0.25, 0.3) is 0 Å². The van der Waals surface area contributed by atoms with Crippen molar-refractivity contribution in [2.45, 2.75) is 58.0 Å². The van der Waals surface area contributed by atoms with E-state index in [1.54, 1.807) is 6.08 Å². The molecule has 0 saturated heterocycles. The molecule has 0 amide bonds. The number of nitrogens with zero attached hydrogens (tertiary/aromatic N) is 1. The van der Waals surface area contributed by atoms with Gasteiger partial charge in [0.1, 0.15) is 6.54 Å². The number of carboxylic acid groups (broad SMARTS) is 1. The van der Waals surface area contributed by atoms with E-state index in [1.165, 1.54) is 38.2 Å². The Labute approximate surface area is 146 Å². The number of hydrogen-bond acceptors (Lipinski definition) is 3. The van der Waals surface area contributed by atoms with Crippen LogP contribution < -0.4 is 0 Å². The molecule has 0 aromatic carbocycles. The second-order valence-electron chi connectivity index (χ2n) is 7.12. The van der Waals surface area contributed by atoms with E-state index >= 15 is 0 Å². The molecular weight excluding hydrogens is 306 g/mol. The van der Waals surface area contributed by atoms with Gasteiger partial charge in [0.05, 0.1) is 27.6 Å². The minimum atomic E-state index is -0.965. The van der Waals surface area contributed by atoms with Crippen LogP contribution in [-0.2, 0) is 14.3 Å². The minimum absolute atomic E-state index is 0.178. The number of ether oxygens (including phenoxy) is 1. The van der Waals surface area contributed by atoms with Gasteiger partial charge in [0.15, 0.2) is 6.10 Å². The van der Waals surface area contributed by atoms with E-state index in [2.05, 4.69) is 6.92 Å². The fraction of sp³-hybridized carbons (Fsp3) is 0.684. The second-order valence-corrected chi connectivity index (χ2v) is 7.12. The number of carbonyl (C=O) groups is 2. The summed E-state index contributed by atoms with van der Waals surface area (Å²) in [5.41, 5.74) is 0. The molecule has 0 heterocycles. The molecule has 0 spiro atoms. The Bertz CT molecular complexity index is 422. The molecule has 24 heavy (non-hydrogen) atoms. The van der Waals surface area contributed by atoms with Gasteiger partial charge in [-0.25, -0.2) is 4.79 Å². The zero-order valence-corrected chi connectivity index (χ0v) is 15.7. The first-order chi connectivity index (χ1) is 11.2. The van der Waals surface area contributed by atoms with E-state index in [4.69, 9.17) is 9.84 Å². The number of carboxylic acids is 1. The Balaban J connectivity index is 4.15. The number of carbonyl (C=O) groups excluding carboxylic acids is 1. The van der Waals surface area contributed by atoms with Gasteiger partial charge < -0.3 is 14.3 Å². The summed E-state index contributed by atoms with van der Waals surface area (Å²) in [7, 11) is 5.80. The summed E-state index contributed by atoms with van der Waals surface area (Å²) in [6.45, 7) is 2.66. The fourth-order valence-electron chi connectivity index (χ4n) is 2.33. The van der Waals surface area contributed by atoms with Gasteiger partial charge in [-0.05, 0) is 12.8 Å². The summed E-state index contributed by atoms with van der Waals surface area (Å²) < 4.78 is 5.79. The van der Waals surface area contributed by atoms with Gasteiger partial charge in [0, 0.05) is 6.08 Å². The van der Waals surface area contributed by atoms with Gasteiger partial charge in [-0.3, -0.25) is 4.79 Å². The third kappa shape index (κ3) is 15.3. The molecule has 0 radical (unpaired) electrons.